The molecular weight excluding hydrogens is 500 g/mol. The molecule has 3 aromatic rings. The Balaban J connectivity index is 2.39. The van der Waals surface area contributed by atoms with E-state index in [-0.39, 0.29) is 11.3 Å². The Morgan fingerprint density at radius 3 is 1.85 bits per heavy atom. The molecule has 0 aliphatic rings. The summed E-state index contributed by atoms with van der Waals surface area (Å²) in [5.41, 5.74) is 6.21. The van der Waals surface area contributed by atoms with Gasteiger partial charge in [-0.25, -0.2) is 0 Å². The minimum atomic E-state index is -5.15. The summed E-state index contributed by atoms with van der Waals surface area (Å²) in [5.74, 6) is -0.865. The first-order valence-electron chi connectivity index (χ1n) is 8.70. The third-order valence-corrected chi connectivity index (χ3v) is 7.16. The van der Waals surface area contributed by atoms with E-state index in [2.05, 4.69) is 5.32 Å². The third kappa shape index (κ3) is 5.13. The quantitative estimate of drug-likeness (QED) is 0.243. The van der Waals surface area contributed by atoms with Crippen molar-refractivity contribution in [1.29, 1.82) is 0 Å². The van der Waals surface area contributed by atoms with Gasteiger partial charge in [-0.3, -0.25) is 18.5 Å². The monoisotopic (exact) mass is 516 g/mol. The van der Waals surface area contributed by atoms with Crippen molar-refractivity contribution < 1.29 is 43.7 Å². The second kappa shape index (κ2) is 8.05. The summed E-state index contributed by atoms with van der Waals surface area (Å²) in [7, 11) is -15.1. The normalized spacial score (nSPS) is 12.6. The molecule has 33 heavy (non-hydrogen) atoms. The molecule has 0 aromatic heterocycles. The van der Waals surface area contributed by atoms with Crippen molar-refractivity contribution in [3.8, 4) is 0 Å². The first-order chi connectivity index (χ1) is 15.0. The number of aryl methyl sites for hydroxylation is 1. The van der Waals surface area contributed by atoms with Gasteiger partial charge in [0.2, 0.25) is 0 Å². The minimum Gasteiger partial charge on any atom is -0.398 e. The Labute approximate surface area is 188 Å². The third-order valence-electron chi connectivity index (χ3n) is 4.62. The van der Waals surface area contributed by atoms with Crippen LogP contribution < -0.4 is 11.1 Å². The molecule has 3 rings (SSSR count). The number of nitrogen functional groups attached to an aromatic ring is 1. The number of carbonyl (C=O) groups excluding carboxylic acids is 1. The van der Waals surface area contributed by atoms with Crippen LogP contribution in [-0.4, -0.2) is 44.8 Å². The molecule has 176 valence electrons. The number of nitrogens with one attached hydrogen (secondary N) is 1. The van der Waals surface area contributed by atoms with Gasteiger partial charge in [-0.1, -0.05) is 6.07 Å². The number of benzene rings is 3. The van der Waals surface area contributed by atoms with Crippen LogP contribution in [0, 0.1) is 6.92 Å². The average molecular weight is 517 g/mol. The van der Waals surface area contributed by atoms with E-state index in [9.17, 15) is 43.7 Å². The Morgan fingerprint density at radius 1 is 0.818 bits per heavy atom. The van der Waals surface area contributed by atoms with Crippen LogP contribution in [0.15, 0.2) is 57.2 Å². The molecule has 0 aliphatic carbocycles. The highest BCUT2D eigenvalue weighted by Gasteiger charge is 2.25. The molecule has 0 radical (unpaired) electrons. The fourth-order valence-corrected chi connectivity index (χ4v) is 4.92. The van der Waals surface area contributed by atoms with Crippen molar-refractivity contribution in [2.75, 3.05) is 11.1 Å². The van der Waals surface area contributed by atoms with Crippen molar-refractivity contribution in [1.82, 2.24) is 0 Å². The Hall–Kier alpha value is -3.08. The number of fused-ring (bicyclic) bond motifs is 1. The number of rotatable bonds is 5. The van der Waals surface area contributed by atoms with Gasteiger partial charge in [0.1, 0.15) is 4.90 Å². The van der Waals surface area contributed by atoms with E-state index in [1.165, 1.54) is 18.2 Å². The van der Waals surface area contributed by atoms with Gasteiger partial charge in [-0.15, -0.1) is 0 Å². The number of anilines is 2. The van der Waals surface area contributed by atoms with Crippen molar-refractivity contribution >= 4 is 58.4 Å². The van der Waals surface area contributed by atoms with E-state index in [0.717, 1.165) is 6.07 Å². The Morgan fingerprint density at radius 2 is 1.36 bits per heavy atom. The van der Waals surface area contributed by atoms with E-state index in [1.54, 1.807) is 6.92 Å². The lowest BCUT2D eigenvalue weighted by molar-refractivity contribution is 0.102. The van der Waals surface area contributed by atoms with Gasteiger partial charge in [0.25, 0.3) is 36.3 Å². The van der Waals surface area contributed by atoms with E-state index >= 15 is 0 Å². The van der Waals surface area contributed by atoms with Gasteiger partial charge in [-0.2, -0.15) is 25.3 Å². The number of hydrogen-bond acceptors (Lipinski definition) is 8. The molecule has 0 spiro atoms. The van der Waals surface area contributed by atoms with Crippen molar-refractivity contribution in [2.24, 2.45) is 0 Å². The summed E-state index contributed by atoms with van der Waals surface area (Å²) in [6, 6.07) is 6.77. The van der Waals surface area contributed by atoms with Crippen LogP contribution in [0.5, 0.6) is 0 Å². The molecule has 12 nitrogen and oxygen atoms in total. The molecule has 0 bridgehead atoms. The second-order valence-electron chi connectivity index (χ2n) is 6.94. The molecule has 15 heteroatoms. The SMILES string of the molecule is Cc1ccc(C(=O)Nc2cc(S(=O)(=O)O)cc3cc(S(=O)(=O)O)cc(S(=O)(=O)O)c23)cc1N. The van der Waals surface area contributed by atoms with Gasteiger partial charge in [-0.05, 0) is 54.3 Å². The largest absolute Gasteiger partial charge is 0.398 e. The summed E-state index contributed by atoms with van der Waals surface area (Å²) in [4.78, 5) is 9.88. The van der Waals surface area contributed by atoms with Crippen LogP contribution in [0.4, 0.5) is 11.4 Å². The van der Waals surface area contributed by atoms with Crippen LogP contribution in [0.25, 0.3) is 10.8 Å². The topological polar surface area (TPSA) is 218 Å². The lowest BCUT2D eigenvalue weighted by atomic mass is 10.1. The number of hydrogen-bond donors (Lipinski definition) is 5. The van der Waals surface area contributed by atoms with Crippen molar-refractivity contribution in [2.45, 2.75) is 21.6 Å². The Bertz CT molecular complexity index is 1640. The van der Waals surface area contributed by atoms with Crippen LogP contribution in [0.3, 0.4) is 0 Å². The van der Waals surface area contributed by atoms with Gasteiger partial charge >= 0.3 is 0 Å². The maximum absolute atomic E-state index is 12.7. The summed E-state index contributed by atoms with van der Waals surface area (Å²) in [6.07, 6.45) is 0. The van der Waals surface area contributed by atoms with Crippen LogP contribution in [0.1, 0.15) is 15.9 Å². The van der Waals surface area contributed by atoms with Crippen LogP contribution in [0.2, 0.25) is 0 Å². The van der Waals surface area contributed by atoms with Gasteiger partial charge in [0.15, 0.2) is 0 Å². The van der Waals surface area contributed by atoms with Crippen molar-refractivity contribution in [3.05, 3.63) is 53.6 Å². The smallest absolute Gasteiger partial charge is 0.295 e. The molecule has 3 aromatic carbocycles. The predicted octanol–water partition coefficient (Wildman–Crippen LogP) is 1.72. The number of nitrogens with two attached hydrogens (primary N) is 1. The molecule has 0 heterocycles. The number of amides is 1. The molecule has 0 fully saturated rings. The highest BCUT2D eigenvalue weighted by molar-refractivity contribution is 7.87. The van der Waals surface area contributed by atoms with E-state index in [4.69, 9.17) is 5.73 Å². The first-order valence-corrected chi connectivity index (χ1v) is 13.0. The van der Waals surface area contributed by atoms with Crippen LogP contribution >= 0.6 is 0 Å². The highest BCUT2D eigenvalue weighted by atomic mass is 32.2. The van der Waals surface area contributed by atoms with Gasteiger partial charge in [0, 0.05) is 16.6 Å². The molecule has 0 atom stereocenters. The average Bonchev–Trinajstić information content (AvgIpc) is 2.66. The lowest BCUT2D eigenvalue weighted by Gasteiger charge is -2.15. The second-order valence-corrected chi connectivity index (χ2v) is 11.2. The molecule has 0 unspecified atom stereocenters. The fraction of sp³-hybridized carbons (Fsp3) is 0.0556. The molecule has 0 saturated heterocycles. The van der Waals surface area contributed by atoms with E-state index in [0.29, 0.717) is 23.8 Å². The summed E-state index contributed by atoms with van der Waals surface area (Å²) < 4.78 is 99.0. The fourth-order valence-electron chi connectivity index (χ4n) is 3.00. The first kappa shape index (κ1) is 24.6. The summed E-state index contributed by atoms with van der Waals surface area (Å²) in [6.45, 7) is 1.69. The zero-order valence-electron chi connectivity index (χ0n) is 16.5. The maximum Gasteiger partial charge on any atom is 0.295 e. The highest BCUT2D eigenvalue weighted by Crippen LogP contribution is 2.35. The van der Waals surface area contributed by atoms with Gasteiger partial charge < -0.3 is 11.1 Å². The minimum absolute atomic E-state index is 0.00599. The molecule has 6 N–H and O–H groups in total. The van der Waals surface area contributed by atoms with E-state index in [1.807, 2.05) is 0 Å². The molecule has 0 saturated carbocycles. The zero-order valence-corrected chi connectivity index (χ0v) is 19.0. The zero-order chi connectivity index (χ0) is 24.9. The Kier molecular flexibility index (Phi) is 5.99. The standard InChI is InChI=1S/C18H16N2O10S3/c1-9-2-3-10(6-14(9)19)18(21)20-15-7-12(31(22,23)24)4-11-5-13(32(25,26)27)8-16(17(11)15)33(28,29)30/h2-8H,19H2,1H3,(H,20,21)(H,22,23,24)(H,25,26,27)(H,28,29,30). The van der Waals surface area contributed by atoms with Crippen molar-refractivity contribution in [3.63, 3.8) is 0 Å². The molecular formula is C18H16N2O10S3. The number of carbonyl (C=O) groups is 1. The maximum atomic E-state index is 12.7. The van der Waals surface area contributed by atoms with Crippen LogP contribution in [-0.2, 0) is 30.4 Å². The lowest BCUT2D eigenvalue weighted by Crippen LogP contribution is -2.15. The summed E-state index contributed by atoms with van der Waals surface area (Å²) in [5, 5.41) is 1.34. The van der Waals surface area contributed by atoms with E-state index < -0.39 is 67.4 Å². The summed E-state index contributed by atoms with van der Waals surface area (Å²) >= 11 is 0. The molecule has 0 aliphatic heterocycles. The predicted molar refractivity (Wildman–Crippen MR) is 117 cm³/mol. The molecule has 1 amide bonds. The van der Waals surface area contributed by atoms with Gasteiger partial charge in [0.05, 0.1) is 15.5 Å².